The maximum Gasteiger partial charge on any atom is 0.335 e. The highest BCUT2D eigenvalue weighted by molar-refractivity contribution is 9.10. The Hall–Kier alpha value is -1.85. The predicted octanol–water partition coefficient (Wildman–Crippen LogP) is 3.43. The van der Waals surface area contributed by atoms with E-state index < -0.39 is 5.97 Å². The molecule has 4 nitrogen and oxygen atoms in total. The van der Waals surface area contributed by atoms with E-state index in [-0.39, 0.29) is 12.2 Å². The van der Waals surface area contributed by atoms with Gasteiger partial charge in [0.05, 0.1) is 16.6 Å². The zero-order valence-electron chi connectivity index (χ0n) is 9.84. The average Bonchev–Trinajstić information content (AvgIpc) is 2.41. The molecule has 0 aromatic heterocycles. The Labute approximate surface area is 118 Å². The lowest BCUT2D eigenvalue weighted by Crippen LogP contribution is -1.97. The Bertz CT molecular complexity index is 610. The summed E-state index contributed by atoms with van der Waals surface area (Å²) in [7, 11) is 0. The van der Waals surface area contributed by atoms with E-state index in [0.717, 1.165) is 0 Å². The van der Waals surface area contributed by atoms with E-state index in [1.54, 1.807) is 30.3 Å². The maximum atomic E-state index is 10.8. The lowest BCUT2D eigenvalue weighted by molar-refractivity contribution is 0.0697. The standard InChI is InChI=1S/C14H11BrO4/c15-11-7-9(14(17)18)5-6-13(11)19-12-4-2-1-3-10(12)8-16/h1-7,16H,8H2,(H,17,18). The van der Waals surface area contributed by atoms with Crippen molar-refractivity contribution in [2.45, 2.75) is 6.61 Å². The van der Waals surface area contributed by atoms with E-state index in [2.05, 4.69) is 15.9 Å². The summed E-state index contributed by atoms with van der Waals surface area (Å²) in [5.41, 5.74) is 0.839. The van der Waals surface area contributed by atoms with Crippen molar-refractivity contribution in [3.8, 4) is 11.5 Å². The Kier molecular flexibility index (Phi) is 4.19. The number of carboxylic acids is 1. The summed E-state index contributed by atoms with van der Waals surface area (Å²) >= 11 is 3.27. The fourth-order valence-electron chi connectivity index (χ4n) is 1.57. The number of hydrogen-bond acceptors (Lipinski definition) is 3. The fourth-order valence-corrected chi connectivity index (χ4v) is 2.03. The van der Waals surface area contributed by atoms with Crippen LogP contribution >= 0.6 is 15.9 Å². The summed E-state index contributed by atoms with van der Waals surface area (Å²) in [6.07, 6.45) is 0. The second-order valence-electron chi connectivity index (χ2n) is 3.82. The van der Waals surface area contributed by atoms with Gasteiger partial charge in [-0.2, -0.15) is 0 Å². The van der Waals surface area contributed by atoms with Gasteiger partial charge in [0.1, 0.15) is 11.5 Å². The molecule has 2 aromatic carbocycles. The van der Waals surface area contributed by atoms with Gasteiger partial charge in [-0.1, -0.05) is 18.2 Å². The maximum absolute atomic E-state index is 10.8. The van der Waals surface area contributed by atoms with Crippen LogP contribution in [0.1, 0.15) is 15.9 Å². The molecule has 98 valence electrons. The summed E-state index contributed by atoms with van der Waals surface area (Å²) in [6.45, 7) is -0.124. The van der Waals surface area contributed by atoms with E-state index in [4.69, 9.17) is 9.84 Å². The Morgan fingerprint density at radius 3 is 2.53 bits per heavy atom. The van der Waals surface area contributed by atoms with Crippen LogP contribution in [0.3, 0.4) is 0 Å². The van der Waals surface area contributed by atoms with E-state index in [1.807, 2.05) is 0 Å². The van der Waals surface area contributed by atoms with Gasteiger partial charge < -0.3 is 14.9 Å². The second-order valence-corrected chi connectivity index (χ2v) is 4.67. The molecule has 0 fully saturated rings. The van der Waals surface area contributed by atoms with Crippen molar-refractivity contribution in [3.63, 3.8) is 0 Å². The third-order valence-electron chi connectivity index (χ3n) is 2.54. The normalized spacial score (nSPS) is 10.2. The highest BCUT2D eigenvalue weighted by atomic mass is 79.9. The highest BCUT2D eigenvalue weighted by Gasteiger charge is 2.10. The van der Waals surface area contributed by atoms with Crippen molar-refractivity contribution in [1.82, 2.24) is 0 Å². The minimum absolute atomic E-state index is 0.124. The first-order valence-corrected chi connectivity index (χ1v) is 6.30. The van der Waals surface area contributed by atoms with Crippen molar-refractivity contribution >= 4 is 21.9 Å². The van der Waals surface area contributed by atoms with Gasteiger partial charge in [-0.25, -0.2) is 4.79 Å². The quantitative estimate of drug-likeness (QED) is 0.905. The van der Waals surface area contributed by atoms with Gasteiger partial charge in [0, 0.05) is 5.56 Å². The number of hydrogen-bond donors (Lipinski definition) is 2. The van der Waals surface area contributed by atoms with Crippen LogP contribution in [-0.2, 0) is 6.61 Å². The Morgan fingerprint density at radius 1 is 1.16 bits per heavy atom. The van der Waals surface area contributed by atoms with Gasteiger partial charge in [-0.05, 0) is 40.2 Å². The zero-order valence-corrected chi connectivity index (χ0v) is 11.4. The lowest BCUT2D eigenvalue weighted by Gasteiger charge is -2.11. The minimum Gasteiger partial charge on any atom is -0.478 e. The molecule has 0 amide bonds. The van der Waals surface area contributed by atoms with Crippen molar-refractivity contribution in [3.05, 3.63) is 58.1 Å². The van der Waals surface area contributed by atoms with Crippen LogP contribution in [0.15, 0.2) is 46.9 Å². The van der Waals surface area contributed by atoms with Crippen LogP contribution in [-0.4, -0.2) is 16.2 Å². The molecule has 0 unspecified atom stereocenters. The number of carboxylic acid groups (broad SMARTS) is 1. The third kappa shape index (κ3) is 3.13. The number of carbonyl (C=O) groups is 1. The highest BCUT2D eigenvalue weighted by Crippen LogP contribution is 2.32. The van der Waals surface area contributed by atoms with Gasteiger partial charge in [-0.3, -0.25) is 0 Å². The number of halogens is 1. The topological polar surface area (TPSA) is 66.8 Å². The monoisotopic (exact) mass is 322 g/mol. The minimum atomic E-state index is -0.997. The largest absolute Gasteiger partial charge is 0.478 e. The van der Waals surface area contributed by atoms with Crippen LogP contribution in [0.5, 0.6) is 11.5 Å². The van der Waals surface area contributed by atoms with Gasteiger partial charge in [-0.15, -0.1) is 0 Å². The van der Waals surface area contributed by atoms with Crippen molar-refractivity contribution in [1.29, 1.82) is 0 Å². The molecule has 0 aliphatic carbocycles. The molecule has 0 saturated heterocycles. The second kappa shape index (κ2) is 5.86. The molecular formula is C14H11BrO4. The predicted molar refractivity (Wildman–Crippen MR) is 73.5 cm³/mol. The van der Waals surface area contributed by atoms with Crippen molar-refractivity contribution in [2.24, 2.45) is 0 Å². The Balaban J connectivity index is 2.31. The fraction of sp³-hybridized carbons (Fsp3) is 0.0714. The van der Waals surface area contributed by atoms with E-state index in [1.165, 1.54) is 12.1 Å². The number of aliphatic hydroxyl groups is 1. The molecule has 0 bridgehead atoms. The first-order valence-electron chi connectivity index (χ1n) is 5.51. The summed E-state index contributed by atoms with van der Waals surface area (Å²) in [4.78, 5) is 10.8. The van der Waals surface area contributed by atoms with Crippen LogP contribution in [0, 0.1) is 0 Å². The molecule has 0 atom stereocenters. The number of aromatic carboxylic acids is 1. The molecule has 0 saturated carbocycles. The van der Waals surface area contributed by atoms with Crippen molar-refractivity contribution < 1.29 is 19.7 Å². The van der Waals surface area contributed by atoms with E-state index in [0.29, 0.717) is 21.5 Å². The third-order valence-corrected chi connectivity index (χ3v) is 3.16. The average molecular weight is 323 g/mol. The van der Waals surface area contributed by atoms with Gasteiger partial charge in [0.25, 0.3) is 0 Å². The molecular weight excluding hydrogens is 312 g/mol. The van der Waals surface area contributed by atoms with Crippen LogP contribution in [0.25, 0.3) is 0 Å². The first-order chi connectivity index (χ1) is 9.11. The molecule has 2 rings (SSSR count). The molecule has 0 aliphatic rings. The van der Waals surface area contributed by atoms with Crippen LogP contribution < -0.4 is 4.74 Å². The van der Waals surface area contributed by atoms with E-state index >= 15 is 0 Å². The number of benzene rings is 2. The van der Waals surface area contributed by atoms with Gasteiger partial charge in [0.15, 0.2) is 0 Å². The molecule has 5 heteroatoms. The van der Waals surface area contributed by atoms with Gasteiger partial charge in [0.2, 0.25) is 0 Å². The zero-order chi connectivity index (χ0) is 13.8. The number of para-hydroxylation sites is 1. The number of aliphatic hydroxyl groups excluding tert-OH is 1. The molecule has 2 N–H and O–H groups in total. The number of rotatable bonds is 4. The molecule has 19 heavy (non-hydrogen) atoms. The first kappa shape index (κ1) is 13.6. The molecule has 0 spiro atoms. The van der Waals surface area contributed by atoms with Gasteiger partial charge >= 0.3 is 5.97 Å². The summed E-state index contributed by atoms with van der Waals surface area (Å²) in [5, 5.41) is 18.1. The molecule has 2 aromatic rings. The van der Waals surface area contributed by atoms with Crippen LogP contribution in [0.4, 0.5) is 0 Å². The molecule has 0 aliphatic heterocycles. The smallest absolute Gasteiger partial charge is 0.335 e. The Morgan fingerprint density at radius 2 is 1.89 bits per heavy atom. The molecule has 0 radical (unpaired) electrons. The van der Waals surface area contributed by atoms with E-state index in [9.17, 15) is 9.90 Å². The summed E-state index contributed by atoms with van der Waals surface area (Å²) < 4.78 is 6.21. The molecule has 0 heterocycles. The SMILES string of the molecule is O=C(O)c1ccc(Oc2ccccc2CO)c(Br)c1. The van der Waals surface area contributed by atoms with Crippen LogP contribution in [0.2, 0.25) is 0 Å². The lowest BCUT2D eigenvalue weighted by atomic mass is 10.2. The number of ether oxygens (including phenoxy) is 1. The summed E-state index contributed by atoms with van der Waals surface area (Å²) in [6, 6.07) is 11.6. The van der Waals surface area contributed by atoms with Crippen molar-refractivity contribution in [2.75, 3.05) is 0 Å². The summed E-state index contributed by atoms with van der Waals surface area (Å²) in [5.74, 6) is 0.0303.